The number of benzene rings is 1. The summed E-state index contributed by atoms with van der Waals surface area (Å²) < 4.78 is 0. The van der Waals surface area contributed by atoms with E-state index in [-0.39, 0.29) is 5.56 Å². The summed E-state index contributed by atoms with van der Waals surface area (Å²) in [7, 11) is 0. The van der Waals surface area contributed by atoms with Crippen LogP contribution < -0.4 is 10.5 Å². The van der Waals surface area contributed by atoms with Crippen molar-refractivity contribution in [3.63, 3.8) is 0 Å². The van der Waals surface area contributed by atoms with Crippen LogP contribution in [0.25, 0.3) is 11.4 Å². The number of anilines is 1. The topological polar surface area (TPSA) is 65.1 Å². The second kappa shape index (κ2) is 8.81. The number of fused-ring (bicyclic) bond motifs is 1. The molecule has 4 heterocycles. The average Bonchev–Trinajstić information content (AvgIpc) is 2.81. The first-order valence-electron chi connectivity index (χ1n) is 11.0. The van der Waals surface area contributed by atoms with E-state index in [0.29, 0.717) is 17.4 Å². The third-order valence-electron chi connectivity index (χ3n) is 6.16. The fourth-order valence-electron chi connectivity index (χ4n) is 4.44. The molecule has 0 bridgehead atoms. The van der Waals surface area contributed by atoms with Gasteiger partial charge in [-0.3, -0.25) is 9.69 Å². The van der Waals surface area contributed by atoms with Crippen LogP contribution in [0.4, 0.5) is 5.82 Å². The van der Waals surface area contributed by atoms with Crippen LogP contribution in [0.15, 0.2) is 47.4 Å². The predicted octanol–water partition coefficient (Wildman–Crippen LogP) is 4.03. The number of aromatic nitrogens is 3. The van der Waals surface area contributed by atoms with Gasteiger partial charge < -0.3 is 9.88 Å². The van der Waals surface area contributed by atoms with Gasteiger partial charge in [-0.05, 0) is 55.2 Å². The number of nitrogens with zero attached hydrogens (tertiary/aromatic N) is 4. The summed E-state index contributed by atoms with van der Waals surface area (Å²) in [6.07, 6.45) is 6.56. The molecule has 6 nitrogen and oxygen atoms in total. The van der Waals surface area contributed by atoms with E-state index in [4.69, 9.17) is 21.6 Å². The third kappa shape index (κ3) is 4.50. The van der Waals surface area contributed by atoms with Gasteiger partial charge in [-0.25, -0.2) is 9.97 Å². The molecular weight excluding hydrogens is 410 g/mol. The van der Waals surface area contributed by atoms with E-state index < -0.39 is 0 Å². The molecule has 0 saturated carbocycles. The lowest BCUT2D eigenvalue weighted by atomic mass is 10.1. The minimum absolute atomic E-state index is 0.0572. The van der Waals surface area contributed by atoms with Crippen LogP contribution in [0.3, 0.4) is 0 Å². The predicted molar refractivity (Wildman–Crippen MR) is 123 cm³/mol. The highest BCUT2D eigenvalue weighted by molar-refractivity contribution is 6.30. The maximum atomic E-state index is 12.8. The first-order valence-corrected chi connectivity index (χ1v) is 11.3. The van der Waals surface area contributed by atoms with Gasteiger partial charge in [0.2, 0.25) is 0 Å². The van der Waals surface area contributed by atoms with E-state index in [1.807, 2.05) is 30.5 Å². The number of aromatic amines is 1. The highest BCUT2D eigenvalue weighted by Gasteiger charge is 2.22. The molecule has 31 heavy (non-hydrogen) atoms. The number of hydrogen-bond acceptors (Lipinski definition) is 5. The maximum Gasteiger partial charge on any atom is 0.255 e. The molecule has 2 aliphatic rings. The van der Waals surface area contributed by atoms with E-state index in [2.05, 4.69) is 26.9 Å². The summed E-state index contributed by atoms with van der Waals surface area (Å²) in [6, 6.07) is 11.7. The Balaban J connectivity index is 1.28. The molecule has 7 heteroatoms. The van der Waals surface area contributed by atoms with Crippen molar-refractivity contribution < 1.29 is 0 Å². The van der Waals surface area contributed by atoms with E-state index in [1.54, 1.807) is 0 Å². The minimum atomic E-state index is -0.0572. The molecule has 2 aliphatic heterocycles. The zero-order chi connectivity index (χ0) is 21.2. The zero-order valence-electron chi connectivity index (χ0n) is 17.5. The average molecular weight is 436 g/mol. The van der Waals surface area contributed by atoms with E-state index in [0.717, 1.165) is 55.2 Å². The number of hydrogen-bond donors (Lipinski definition) is 1. The van der Waals surface area contributed by atoms with Gasteiger partial charge in [0.1, 0.15) is 11.6 Å². The number of halogens is 1. The molecule has 0 aliphatic carbocycles. The summed E-state index contributed by atoms with van der Waals surface area (Å²) in [5, 5.41) is 0.665. The summed E-state index contributed by atoms with van der Waals surface area (Å²) in [5.74, 6) is 1.68. The van der Waals surface area contributed by atoms with Crippen LogP contribution in [0.2, 0.25) is 5.02 Å². The summed E-state index contributed by atoms with van der Waals surface area (Å²) in [5.41, 5.74) is 3.64. The van der Waals surface area contributed by atoms with Crippen molar-refractivity contribution >= 4 is 17.4 Å². The molecule has 0 radical (unpaired) electrons. The molecule has 5 rings (SSSR count). The standard InChI is InChI=1S/C24H26ClN5O/c25-19-7-5-18(6-8-19)23-27-21-10-13-29(16-20(21)24(31)28-23)15-17-4-9-22(26-14-17)30-11-2-1-3-12-30/h4-9,14H,1-3,10-13,15-16H2,(H,27,28,31). The SMILES string of the molecule is O=c1[nH]c(-c2ccc(Cl)cc2)nc2c1CN(Cc1ccc(N3CCCCC3)nc1)CC2. The number of pyridine rings is 1. The largest absolute Gasteiger partial charge is 0.357 e. The van der Waals surface area contributed by atoms with Crippen molar-refractivity contribution in [2.45, 2.75) is 38.8 Å². The van der Waals surface area contributed by atoms with Gasteiger partial charge >= 0.3 is 0 Å². The van der Waals surface area contributed by atoms with Crippen LogP contribution >= 0.6 is 11.6 Å². The van der Waals surface area contributed by atoms with Gasteiger partial charge in [0.15, 0.2) is 0 Å². The second-order valence-corrected chi connectivity index (χ2v) is 8.82. The maximum absolute atomic E-state index is 12.8. The Labute approximate surface area is 186 Å². The van der Waals surface area contributed by atoms with Gasteiger partial charge in [-0.2, -0.15) is 0 Å². The lowest BCUT2D eigenvalue weighted by Gasteiger charge is -2.29. The lowest BCUT2D eigenvalue weighted by molar-refractivity contribution is 0.241. The Hall–Kier alpha value is -2.70. The second-order valence-electron chi connectivity index (χ2n) is 8.38. The first-order chi connectivity index (χ1) is 15.2. The smallest absolute Gasteiger partial charge is 0.255 e. The Morgan fingerprint density at radius 1 is 1.00 bits per heavy atom. The fraction of sp³-hybridized carbons (Fsp3) is 0.375. The summed E-state index contributed by atoms with van der Waals surface area (Å²) in [4.78, 5) is 29.8. The number of nitrogens with one attached hydrogen (secondary N) is 1. The number of rotatable bonds is 4. The normalized spacial score (nSPS) is 16.9. The van der Waals surface area contributed by atoms with Crippen molar-refractivity contribution in [3.05, 3.63) is 74.8 Å². The third-order valence-corrected chi connectivity index (χ3v) is 6.41. The molecular formula is C24H26ClN5O. The van der Waals surface area contributed by atoms with Crippen LogP contribution in [-0.2, 0) is 19.5 Å². The fourth-order valence-corrected chi connectivity index (χ4v) is 4.56. The number of H-pyrrole nitrogens is 1. The molecule has 1 fully saturated rings. The van der Waals surface area contributed by atoms with Crippen LogP contribution in [-0.4, -0.2) is 39.5 Å². The molecule has 0 unspecified atom stereocenters. The Kier molecular flexibility index (Phi) is 5.74. The van der Waals surface area contributed by atoms with Gasteiger partial charge in [0, 0.05) is 55.9 Å². The van der Waals surface area contributed by atoms with Gasteiger partial charge in [-0.15, -0.1) is 0 Å². The molecule has 0 atom stereocenters. The monoisotopic (exact) mass is 435 g/mol. The van der Waals surface area contributed by atoms with Crippen LogP contribution in [0.5, 0.6) is 0 Å². The van der Waals surface area contributed by atoms with E-state index >= 15 is 0 Å². The molecule has 3 aromatic rings. The first kappa shape index (κ1) is 20.2. The van der Waals surface area contributed by atoms with Gasteiger partial charge in [0.25, 0.3) is 5.56 Å². The zero-order valence-corrected chi connectivity index (χ0v) is 18.2. The van der Waals surface area contributed by atoms with E-state index in [1.165, 1.54) is 24.8 Å². The minimum Gasteiger partial charge on any atom is -0.357 e. The highest BCUT2D eigenvalue weighted by atomic mass is 35.5. The molecule has 160 valence electrons. The van der Waals surface area contributed by atoms with Crippen LogP contribution in [0, 0.1) is 0 Å². The van der Waals surface area contributed by atoms with Crippen molar-refractivity contribution in [1.29, 1.82) is 0 Å². The van der Waals surface area contributed by atoms with Crippen molar-refractivity contribution in [2.75, 3.05) is 24.5 Å². The van der Waals surface area contributed by atoms with Crippen molar-refractivity contribution in [1.82, 2.24) is 19.9 Å². The molecule has 1 saturated heterocycles. The molecule has 1 aromatic carbocycles. The van der Waals surface area contributed by atoms with E-state index in [9.17, 15) is 4.79 Å². The highest BCUT2D eigenvalue weighted by Crippen LogP contribution is 2.22. The molecule has 2 aromatic heterocycles. The number of piperidine rings is 1. The van der Waals surface area contributed by atoms with Crippen molar-refractivity contribution in [3.8, 4) is 11.4 Å². The Bertz CT molecular complexity index is 1100. The van der Waals surface area contributed by atoms with Crippen LogP contribution in [0.1, 0.15) is 36.1 Å². The lowest BCUT2D eigenvalue weighted by Crippen LogP contribution is -2.35. The van der Waals surface area contributed by atoms with Gasteiger partial charge in [-0.1, -0.05) is 17.7 Å². The van der Waals surface area contributed by atoms with Gasteiger partial charge in [0.05, 0.1) is 11.3 Å². The molecule has 0 amide bonds. The molecule has 1 N–H and O–H groups in total. The Morgan fingerprint density at radius 2 is 1.81 bits per heavy atom. The summed E-state index contributed by atoms with van der Waals surface area (Å²) in [6.45, 7) is 4.46. The molecule has 0 spiro atoms. The quantitative estimate of drug-likeness (QED) is 0.670. The van der Waals surface area contributed by atoms with Crippen molar-refractivity contribution in [2.24, 2.45) is 0 Å². The Morgan fingerprint density at radius 3 is 2.55 bits per heavy atom. The summed E-state index contributed by atoms with van der Waals surface area (Å²) >= 11 is 5.97.